The maximum Gasteiger partial charge on any atom is 0.325 e. The van der Waals surface area contributed by atoms with E-state index in [0.717, 1.165) is 13.0 Å². The number of morpholine rings is 1. The third-order valence-corrected chi connectivity index (χ3v) is 2.89. The lowest BCUT2D eigenvalue weighted by Crippen LogP contribution is -2.53. The normalized spacial score (nSPS) is 24.9. The highest BCUT2D eigenvalue weighted by atomic mass is 16.5. The second kappa shape index (κ2) is 6.08. The Morgan fingerprint density at radius 1 is 1.60 bits per heavy atom. The number of rotatable bonds is 4. The highest BCUT2D eigenvalue weighted by molar-refractivity contribution is 5.76. The van der Waals surface area contributed by atoms with Gasteiger partial charge in [-0.05, 0) is 20.3 Å². The first-order chi connectivity index (χ1) is 7.20. The zero-order valence-electron chi connectivity index (χ0n) is 9.86. The quantitative estimate of drug-likeness (QED) is 0.657. The van der Waals surface area contributed by atoms with Gasteiger partial charge >= 0.3 is 5.97 Å². The Labute approximate surface area is 91.5 Å². The van der Waals surface area contributed by atoms with Crippen molar-refractivity contribution in [1.29, 1.82) is 0 Å². The molecule has 0 aliphatic carbocycles. The van der Waals surface area contributed by atoms with Crippen molar-refractivity contribution < 1.29 is 14.3 Å². The maximum absolute atomic E-state index is 11.7. The van der Waals surface area contributed by atoms with Crippen molar-refractivity contribution in [2.75, 3.05) is 26.4 Å². The Hall–Kier alpha value is -0.610. The molecule has 0 bridgehead atoms. The van der Waals surface area contributed by atoms with Crippen molar-refractivity contribution in [1.82, 2.24) is 4.90 Å². The molecule has 1 heterocycles. The second-order valence-corrected chi connectivity index (χ2v) is 3.84. The van der Waals surface area contributed by atoms with Crippen LogP contribution in [0.5, 0.6) is 0 Å². The van der Waals surface area contributed by atoms with Gasteiger partial charge in [0.05, 0.1) is 19.8 Å². The predicted octanol–water partition coefficient (Wildman–Crippen LogP) is 1.05. The molecule has 0 aromatic rings. The highest BCUT2D eigenvalue weighted by Crippen LogP contribution is 2.14. The van der Waals surface area contributed by atoms with Crippen molar-refractivity contribution >= 4 is 5.97 Å². The van der Waals surface area contributed by atoms with E-state index in [1.54, 1.807) is 0 Å². The summed E-state index contributed by atoms with van der Waals surface area (Å²) in [7, 11) is 0. The van der Waals surface area contributed by atoms with Crippen LogP contribution in [-0.2, 0) is 14.3 Å². The summed E-state index contributed by atoms with van der Waals surface area (Å²) in [6.07, 6.45) is 1.04. The molecule has 4 nitrogen and oxygen atoms in total. The fourth-order valence-corrected chi connectivity index (χ4v) is 1.82. The molecule has 0 aromatic carbocycles. The van der Waals surface area contributed by atoms with Gasteiger partial charge in [0.15, 0.2) is 0 Å². The van der Waals surface area contributed by atoms with Crippen LogP contribution in [0.2, 0.25) is 0 Å². The topological polar surface area (TPSA) is 38.8 Å². The average Bonchev–Trinajstić information content (AvgIpc) is 2.28. The Morgan fingerprint density at radius 2 is 2.33 bits per heavy atom. The Morgan fingerprint density at radius 3 is 2.93 bits per heavy atom. The van der Waals surface area contributed by atoms with Gasteiger partial charge in [0.1, 0.15) is 6.04 Å². The highest BCUT2D eigenvalue weighted by Gasteiger charge is 2.32. The van der Waals surface area contributed by atoms with Crippen LogP contribution in [0, 0.1) is 0 Å². The standard InChI is InChI=1S/C11H21NO3/c1-4-9(3)12-6-7-14-8-10(12)11(13)15-5-2/h9-10H,4-8H2,1-3H3. The van der Waals surface area contributed by atoms with Crippen molar-refractivity contribution in [3.05, 3.63) is 0 Å². The molecule has 1 saturated heterocycles. The maximum atomic E-state index is 11.7. The second-order valence-electron chi connectivity index (χ2n) is 3.84. The van der Waals surface area contributed by atoms with Gasteiger partial charge in [0.25, 0.3) is 0 Å². The van der Waals surface area contributed by atoms with E-state index in [1.807, 2.05) is 6.92 Å². The Balaban J connectivity index is 2.60. The fourth-order valence-electron chi connectivity index (χ4n) is 1.82. The minimum Gasteiger partial charge on any atom is -0.465 e. The Kier molecular flexibility index (Phi) is 5.05. The first-order valence-electron chi connectivity index (χ1n) is 5.70. The monoisotopic (exact) mass is 215 g/mol. The van der Waals surface area contributed by atoms with Gasteiger partial charge in [-0.1, -0.05) is 6.92 Å². The van der Waals surface area contributed by atoms with Gasteiger partial charge in [-0.2, -0.15) is 0 Å². The van der Waals surface area contributed by atoms with Gasteiger partial charge in [-0.25, -0.2) is 0 Å². The smallest absolute Gasteiger partial charge is 0.325 e. The largest absolute Gasteiger partial charge is 0.465 e. The van der Waals surface area contributed by atoms with Crippen LogP contribution in [0.1, 0.15) is 27.2 Å². The van der Waals surface area contributed by atoms with Crippen LogP contribution in [0.25, 0.3) is 0 Å². The van der Waals surface area contributed by atoms with E-state index in [4.69, 9.17) is 9.47 Å². The molecule has 0 radical (unpaired) electrons. The molecule has 1 aliphatic heterocycles. The molecule has 2 atom stereocenters. The van der Waals surface area contributed by atoms with Crippen LogP contribution in [0.4, 0.5) is 0 Å². The molecule has 1 rings (SSSR count). The number of carbonyl (C=O) groups is 1. The first-order valence-corrected chi connectivity index (χ1v) is 5.70. The lowest BCUT2D eigenvalue weighted by Gasteiger charge is -2.37. The van der Waals surface area contributed by atoms with Gasteiger partial charge in [0, 0.05) is 12.6 Å². The van der Waals surface area contributed by atoms with Crippen molar-refractivity contribution in [2.24, 2.45) is 0 Å². The molecular weight excluding hydrogens is 194 g/mol. The predicted molar refractivity (Wildman–Crippen MR) is 57.7 cm³/mol. The summed E-state index contributed by atoms with van der Waals surface area (Å²) in [5.74, 6) is -0.155. The number of carbonyl (C=O) groups excluding carboxylic acids is 1. The summed E-state index contributed by atoms with van der Waals surface area (Å²) in [4.78, 5) is 13.9. The molecule has 0 amide bonds. The zero-order chi connectivity index (χ0) is 11.3. The van der Waals surface area contributed by atoms with Crippen molar-refractivity contribution in [2.45, 2.75) is 39.3 Å². The number of hydrogen-bond donors (Lipinski definition) is 0. The molecule has 2 unspecified atom stereocenters. The summed E-state index contributed by atoms with van der Waals surface area (Å²) in [5, 5.41) is 0. The minimum absolute atomic E-state index is 0.155. The molecule has 1 fully saturated rings. The molecule has 0 saturated carbocycles. The van der Waals surface area contributed by atoms with Crippen LogP contribution in [0.3, 0.4) is 0 Å². The number of ether oxygens (including phenoxy) is 2. The lowest BCUT2D eigenvalue weighted by molar-refractivity contribution is -0.157. The minimum atomic E-state index is -0.214. The van der Waals surface area contributed by atoms with Gasteiger partial charge < -0.3 is 9.47 Å². The Bertz CT molecular complexity index is 208. The van der Waals surface area contributed by atoms with Crippen LogP contribution >= 0.6 is 0 Å². The molecule has 88 valence electrons. The van der Waals surface area contributed by atoms with E-state index in [1.165, 1.54) is 0 Å². The lowest BCUT2D eigenvalue weighted by atomic mass is 10.1. The average molecular weight is 215 g/mol. The molecule has 0 N–H and O–H groups in total. The van der Waals surface area contributed by atoms with Crippen LogP contribution in [-0.4, -0.2) is 49.3 Å². The zero-order valence-corrected chi connectivity index (χ0v) is 9.86. The van der Waals surface area contributed by atoms with Crippen LogP contribution in [0.15, 0.2) is 0 Å². The number of hydrogen-bond acceptors (Lipinski definition) is 4. The van der Waals surface area contributed by atoms with Gasteiger partial charge in [-0.15, -0.1) is 0 Å². The van der Waals surface area contributed by atoms with E-state index in [-0.39, 0.29) is 12.0 Å². The van der Waals surface area contributed by atoms with E-state index < -0.39 is 0 Å². The van der Waals surface area contributed by atoms with E-state index in [0.29, 0.717) is 25.9 Å². The molecule has 0 aromatic heterocycles. The van der Waals surface area contributed by atoms with E-state index in [9.17, 15) is 4.79 Å². The number of nitrogens with zero attached hydrogens (tertiary/aromatic N) is 1. The molecule has 0 spiro atoms. The third-order valence-electron chi connectivity index (χ3n) is 2.89. The molecule has 15 heavy (non-hydrogen) atoms. The van der Waals surface area contributed by atoms with E-state index >= 15 is 0 Å². The fraction of sp³-hybridized carbons (Fsp3) is 0.909. The van der Waals surface area contributed by atoms with Gasteiger partial charge in [-0.3, -0.25) is 9.69 Å². The summed E-state index contributed by atoms with van der Waals surface area (Å²) < 4.78 is 10.4. The third kappa shape index (κ3) is 3.18. The molecule has 1 aliphatic rings. The first kappa shape index (κ1) is 12.5. The summed E-state index contributed by atoms with van der Waals surface area (Å²) in [6, 6.07) is 0.192. The molecular formula is C11H21NO3. The summed E-state index contributed by atoms with van der Waals surface area (Å²) in [6.45, 7) is 8.51. The van der Waals surface area contributed by atoms with Crippen LogP contribution < -0.4 is 0 Å². The summed E-state index contributed by atoms with van der Waals surface area (Å²) >= 11 is 0. The van der Waals surface area contributed by atoms with Gasteiger partial charge in [0.2, 0.25) is 0 Å². The van der Waals surface area contributed by atoms with Crippen molar-refractivity contribution in [3.63, 3.8) is 0 Å². The van der Waals surface area contributed by atoms with Crippen molar-refractivity contribution in [3.8, 4) is 0 Å². The van der Waals surface area contributed by atoms with E-state index in [2.05, 4.69) is 18.7 Å². The molecule has 4 heteroatoms. The number of esters is 1. The SMILES string of the molecule is CCOC(=O)C1COCCN1C(C)CC. The summed E-state index contributed by atoms with van der Waals surface area (Å²) in [5.41, 5.74) is 0.